The predicted molar refractivity (Wildman–Crippen MR) is 224 cm³/mol. The van der Waals surface area contributed by atoms with E-state index >= 15 is 0 Å². The maximum Gasteiger partial charge on any atom is 0.481 e. The van der Waals surface area contributed by atoms with Gasteiger partial charge in [-0.05, 0) is 12.8 Å². The number of anilines is 1. The second-order valence-electron chi connectivity index (χ2n) is 14.9. The van der Waals surface area contributed by atoms with Crippen molar-refractivity contribution in [1.82, 2.24) is 19.5 Å². The Balaban J connectivity index is 1.77. The number of phosphoric ester groups is 2. The lowest BCUT2D eigenvalue weighted by atomic mass is 10.1. The molecule has 0 aliphatic carbocycles. The highest BCUT2D eigenvalue weighted by Gasteiger charge is 2.36. The summed E-state index contributed by atoms with van der Waals surface area (Å²) < 4.78 is 56.6. The number of H-pyrrole nitrogens is 1. The second kappa shape index (κ2) is 31.2. The molecule has 0 saturated carbocycles. The maximum absolute atomic E-state index is 12.7. The second-order valence-corrected chi connectivity index (χ2v) is 17.9. The van der Waals surface area contributed by atoms with Gasteiger partial charge in [-0.15, -0.1) is 0 Å². The number of hydrogen-bond acceptors (Lipinski definition) is 14. The molecule has 2 heterocycles. The number of aromatic nitrogens is 4. The molecule has 59 heavy (non-hydrogen) atoms. The van der Waals surface area contributed by atoms with Crippen LogP contribution >= 0.6 is 15.6 Å². The molecule has 20 heteroatoms. The fourth-order valence-corrected chi connectivity index (χ4v) is 8.36. The Hall–Kier alpha value is -2.69. The SMILES string of the molecule is CCCCCCCCCCCCCC(=O)OCC(COP(=O)(O)OP(=O)(O)OCCOCn1cnc2c(=O)[nH]c(N)nc21)OC(=O)CCCCCCCCCCCCC. The molecule has 2 aromatic heterocycles. The molecular weight excluding hydrogens is 808 g/mol. The molecule has 0 radical (unpaired) electrons. The first-order valence-electron chi connectivity index (χ1n) is 21.6. The molecule has 0 aliphatic heterocycles. The van der Waals surface area contributed by atoms with Crippen molar-refractivity contribution in [2.75, 3.05) is 32.2 Å². The first-order valence-corrected chi connectivity index (χ1v) is 24.6. The third-order valence-corrected chi connectivity index (χ3v) is 12.2. The summed E-state index contributed by atoms with van der Waals surface area (Å²) in [5.74, 6) is -1.24. The van der Waals surface area contributed by atoms with E-state index in [1.807, 2.05) is 0 Å². The summed E-state index contributed by atoms with van der Waals surface area (Å²) in [6.07, 6.45) is 24.9. The number of fused-ring (bicyclic) bond motifs is 1. The van der Waals surface area contributed by atoms with Crippen LogP contribution in [-0.2, 0) is 53.0 Å². The Bertz CT molecular complexity index is 1610. The van der Waals surface area contributed by atoms with E-state index in [2.05, 4.69) is 33.1 Å². The number of hydrogen-bond donors (Lipinski definition) is 4. The summed E-state index contributed by atoms with van der Waals surface area (Å²) in [7, 11) is -10.4. The van der Waals surface area contributed by atoms with Crippen molar-refractivity contribution in [2.24, 2.45) is 0 Å². The summed E-state index contributed by atoms with van der Waals surface area (Å²) >= 11 is 0. The van der Waals surface area contributed by atoms with Gasteiger partial charge in [-0.25, -0.2) is 14.1 Å². The molecule has 5 N–H and O–H groups in total. The smallest absolute Gasteiger partial charge is 0.462 e. The number of unbranched alkanes of at least 4 members (excludes halogenated alkanes) is 20. The van der Waals surface area contributed by atoms with Crippen LogP contribution in [0.25, 0.3) is 11.2 Å². The molecule has 340 valence electrons. The minimum absolute atomic E-state index is 0.0325. The van der Waals surface area contributed by atoms with Gasteiger partial charge in [0.2, 0.25) is 5.95 Å². The Morgan fingerprint density at radius 2 is 1.22 bits per heavy atom. The minimum Gasteiger partial charge on any atom is -0.462 e. The summed E-state index contributed by atoms with van der Waals surface area (Å²) in [5, 5.41) is 0. The zero-order valence-corrected chi connectivity index (χ0v) is 37.1. The Morgan fingerprint density at radius 3 is 1.76 bits per heavy atom. The van der Waals surface area contributed by atoms with Crippen LogP contribution in [0.2, 0.25) is 0 Å². The van der Waals surface area contributed by atoms with Crippen LogP contribution in [0.1, 0.15) is 168 Å². The highest BCUT2D eigenvalue weighted by atomic mass is 31.3. The van der Waals surface area contributed by atoms with Crippen LogP contribution in [0.4, 0.5) is 5.95 Å². The minimum atomic E-state index is -5.26. The molecule has 0 bridgehead atoms. The van der Waals surface area contributed by atoms with Gasteiger partial charge in [0.1, 0.15) is 13.3 Å². The summed E-state index contributed by atoms with van der Waals surface area (Å²) in [5.41, 5.74) is 5.22. The fraction of sp³-hybridized carbons (Fsp3) is 0.821. The van der Waals surface area contributed by atoms with Gasteiger partial charge in [0, 0.05) is 12.8 Å². The lowest BCUT2D eigenvalue weighted by Gasteiger charge is -2.20. The number of carbonyl (C=O) groups is 2. The fourth-order valence-electron chi connectivity index (χ4n) is 6.28. The zero-order chi connectivity index (χ0) is 43.2. The van der Waals surface area contributed by atoms with Crippen molar-refractivity contribution in [3.63, 3.8) is 0 Å². The van der Waals surface area contributed by atoms with E-state index in [1.165, 1.54) is 94.4 Å². The van der Waals surface area contributed by atoms with Crippen LogP contribution in [-0.4, -0.2) is 73.8 Å². The number of phosphoric acid groups is 2. The van der Waals surface area contributed by atoms with Crippen molar-refractivity contribution in [1.29, 1.82) is 0 Å². The van der Waals surface area contributed by atoms with Gasteiger partial charge in [-0.2, -0.15) is 9.29 Å². The first-order chi connectivity index (χ1) is 28.4. The van der Waals surface area contributed by atoms with Gasteiger partial charge < -0.3 is 29.7 Å². The highest BCUT2D eigenvalue weighted by Crippen LogP contribution is 2.60. The van der Waals surface area contributed by atoms with Gasteiger partial charge in [-0.3, -0.25) is 33.0 Å². The van der Waals surface area contributed by atoms with Gasteiger partial charge >= 0.3 is 27.6 Å². The summed E-state index contributed by atoms with van der Waals surface area (Å²) in [4.78, 5) is 67.7. The third-order valence-electron chi connectivity index (χ3n) is 9.53. The Morgan fingerprint density at radius 1 is 0.729 bits per heavy atom. The highest BCUT2D eigenvalue weighted by molar-refractivity contribution is 7.61. The van der Waals surface area contributed by atoms with Crippen molar-refractivity contribution < 1.29 is 56.1 Å². The standard InChI is InChI=1S/C39H71N5O13P2/c1-3-5-7-9-11-13-15-17-19-21-23-25-34(45)53-29-33(56-35(46)26-24-22-20-18-16-14-12-10-8-6-4-2)30-55-59(50,51)57-58(48,49)54-28-27-52-32-44-31-41-36-37(44)42-39(40)43-38(36)47/h31,33H,3-30,32H2,1-2H3,(H,48,49)(H,50,51)(H3,40,42,43,47). The van der Waals surface area contributed by atoms with Gasteiger partial charge in [0.05, 0.1) is 26.1 Å². The molecule has 0 saturated heterocycles. The van der Waals surface area contributed by atoms with Crippen LogP contribution in [0.15, 0.2) is 11.1 Å². The normalized spacial score (nSPS) is 14.2. The number of nitrogens with one attached hydrogen (secondary N) is 1. The average Bonchev–Trinajstić information content (AvgIpc) is 3.59. The van der Waals surface area contributed by atoms with E-state index in [-0.39, 0.29) is 43.3 Å². The van der Waals surface area contributed by atoms with Gasteiger partial charge in [-0.1, -0.05) is 142 Å². The number of esters is 2. The average molecular weight is 880 g/mol. The van der Waals surface area contributed by atoms with E-state index in [9.17, 15) is 33.3 Å². The van der Waals surface area contributed by atoms with Crippen molar-refractivity contribution in [3.05, 3.63) is 16.7 Å². The maximum atomic E-state index is 12.7. The molecule has 2 aromatic rings. The molecule has 0 amide bonds. The quantitative estimate of drug-likeness (QED) is 0.0279. The number of carbonyl (C=O) groups excluding carboxylic acids is 2. The van der Waals surface area contributed by atoms with E-state index in [1.54, 1.807) is 0 Å². The largest absolute Gasteiger partial charge is 0.481 e. The molecular formula is C39H71N5O13P2. The molecule has 0 aliphatic rings. The summed E-state index contributed by atoms with van der Waals surface area (Å²) in [6, 6.07) is 0. The van der Waals surface area contributed by atoms with Crippen molar-refractivity contribution >= 4 is 44.7 Å². The molecule has 18 nitrogen and oxygen atoms in total. The molecule has 0 spiro atoms. The molecule has 3 unspecified atom stereocenters. The Labute approximate surface area is 349 Å². The number of aromatic amines is 1. The van der Waals surface area contributed by atoms with E-state index in [0.29, 0.717) is 12.8 Å². The molecule has 0 aromatic carbocycles. The number of ether oxygens (including phenoxy) is 3. The molecule has 0 fully saturated rings. The predicted octanol–water partition coefficient (Wildman–Crippen LogP) is 8.78. The van der Waals surface area contributed by atoms with Crippen molar-refractivity contribution in [3.8, 4) is 0 Å². The van der Waals surface area contributed by atoms with Crippen LogP contribution in [0.5, 0.6) is 0 Å². The lowest BCUT2D eigenvalue weighted by Crippen LogP contribution is -2.29. The number of nitrogens with zero attached hydrogens (tertiary/aromatic N) is 3. The third kappa shape index (κ3) is 25.6. The molecule has 2 rings (SSSR count). The Kier molecular flexibility index (Phi) is 27.7. The van der Waals surface area contributed by atoms with E-state index in [4.69, 9.17) is 29.0 Å². The number of rotatable bonds is 38. The lowest BCUT2D eigenvalue weighted by molar-refractivity contribution is -0.161. The number of nitrogen functional groups attached to an aromatic ring is 1. The van der Waals surface area contributed by atoms with Crippen molar-refractivity contribution in [2.45, 2.75) is 181 Å². The monoisotopic (exact) mass is 879 g/mol. The molecule has 3 atom stereocenters. The van der Waals surface area contributed by atoms with Crippen LogP contribution in [0, 0.1) is 0 Å². The van der Waals surface area contributed by atoms with Crippen LogP contribution in [0.3, 0.4) is 0 Å². The summed E-state index contributed by atoms with van der Waals surface area (Å²) in [6.45, 7) is 2.17. The number of nitrogens with two attached hydrogens (primary N) is 1. The van der Waals surface area contributed by atoms with Gasteiger partial charge in [0.15, 0.2) is 17.3 Å². The van der Waals surface area contributed by atoms with Gasteiger partial charge in [0.25, 0.3) is 5.56 Å². The van der Waals surface area contributed by atoms with Crippen LogP contribution < -0.4 is 11.3 Å². The van der Waals surface area contributed by atoms with E-state index in [0.717, 1.165) is 44.9 Å². The first kappa shape index (κ1) is 52.4. The van der Waals surface area contributed by atoms with E-state index < -0.39 is 59.1 Å². The topological polar surface area (TPSA) is 254 Å². The zero-order valence-electron chi connectivity index (χ0n) is 35.4. The number of imidazole rings is 1.